The van der Waals surface area contributed by atoms with E-state index in [1.165, 1.54) is 42.2 Å². The van der Waals surface area contributed by atoms with Gasteiger partial charge in [0, 0.05) is 23.4 Å². The fourth-order valence-corrected chi connectivity index (χ4v) is 3.67. The van der Waals surface area contributed by atoms with Gasteiger partial charge < -0.3 is 14.8 Å². The monoisotopic (exact) mass is 392 g/mol. The maximum absolute atomic E-state index is 14.5. The lowest BCUT2D eigenvalue weighted by Gasteiger charge is -2.16. The van der Waals surface area contributed by atoms with E-state index in [0.29, 0.717) is 27.2 Å². The van der Waals surface area contributed by atoms with Gasteiger partial charge in [-0.25, -0.2) is 9.37 Å². The molecule has 1 unspecified atom stereocenters. The van der Waals surface area contributed by atoms with Crippen molar-refractivity contribution in [3.63, 3.8) is 0 Å². The van der Waals surface area contributed by atoms with Gasteiger partial charge in [0.1, 0.15) is 5.82 Å². The number of fused-ring (bicyclic) bond motifs is 1. The van der Waals surface area contributed by atoms with Crippen molar-refractivity contribution in [2.45, 2.75) is 32.7 Å². The summed E-state index contributed by atoms with van der Waals surface area (Å²) in [5.74, 6) is 0.341. The van der Waals surface area contributed by atoms with Crippen molar-refractivity contribution in [1.29, 1.82) is 0 Å². The quantitative estimate of drug-likeness (QED) is 0.664. The standard InChI is InChI=1S/C18H21FN4O3S/c1-5-6-11-7-16(24)23-18(21-11)27-17(22-23)20-10(2)12-8-14(25-3)15(26-4)9-13(12)19/h7-10H,5-6H2,1-4H3,(H,20,22). The number of nitrogens with one attached hydrogen (secondary N) is 1. The number of benzene rings is 1. The number of nitrogens with zero attached hydrogens (tertiary/aromatic N) is 3. The molecule has 1 aromatic carbocycles. The van der Waals surface area contributed by atoms with Gasteiger partial charge in [-0.2, -0.15) is 4.52 Å². The van der Waals surface area contributed by atoms with Gasteiger partial charge in [0.2, 0.25) is 10.1 Å². The SMILES string of the molecule is CCCc1cc(=O)n2nc(NC(C)c3cc(OC)c(OC)cc3F)sc2n1. The van der Waals surface area contributed by atoms with Crippen LogP contribution in [0.15, 0.2) is 23.0 Å². The number of anilines is 1. The summed E-state index contributed by atoms with van der Waals surface area (Å²) in [6.07, 6.45) is 1.64. The fraction of sp³-hybridized carbons (Fsp3) is 0.389. The number of aromatic nitrogens is 3. The van der Waals surface area contributed by atoms with E-state index in [2.05, 4.69) is 15.4 Å². The molecule has 0 radical (unpaired) electrons. The van der Waals surface area contributed by atoms with Gasteiger partial charge >= 0.3 is 0 Å². The molecule has 3 rings (SSSR count). The van der Waals surface area contributed by atoms with E-state index in [1.807, 2.05) is 6.92 Å². The molecule has 144 valence electrons. The molecule has 7 nitrogen and oxygen atoms in total. The van der Waals surface area contributed by atoms with Gasteiger partial charge in [-0.1, -0.05) is 24.7 Å². The minimum atomic E-state index is -0.422. The maximum atomic E-state index is 14.5. The van der Waals surface area contributed by atoms with Crippen LogP contribution in [-0.4, -0.2) is 28.8 Å². The Morgan fingerprint density at radius 1 is 1.26 bits per heavy atom. The lowest BCUT2D eigenvalue weighted by atomic mass is 10.1. The second kappa shape index (κ2) is 7.91. The van der Waals surface area contributed by atoms with Gasteiger partial charge in [-0.05, 0) is 19.4 Å². The Bertz CT molecular complexity index is 1020. The van der Waals surface area contributed by atoms with Gasteiger partial charge in [0.05, 0.1) is 20.3 Å². The van der Waals surface area contributed by atoms with Crippen LogP contribution in [0.2, 0.25) is 0 Å². The van der Waals surface area contributed by atoms with E-state index >= 15 is 0 Å². The molecule has 0 aliphatic heterocycles. The highest BCUT2D eigenvalue weighted by Crippen LogP contribution is 2.33. The van der Waals surface area contributed by atoms with Crippen molar-refractivity contribution in [3.05, 3.63) is 45.6 Å². The number of hydrogen-bond donors (Lipinski definition) is 1. The number of hydrogen-bond acceptors (Lipinski definition) is 7. The predicted molar refractivity (Wildman–Crippen MR) is 103 cm³/mol. The summed E-state index contributed by atoms with van der Waals surface area (Å²) in [4.78, 5) is 17.2. The largest absolute Gasteiger partial charge is 0.493 e. The molecule has 0 amide bonds. The third kappa shape index (κ3) is 3.87. The van der Waals surface area contributed by atoms with Crippen LogP contribution in [0, 0.1) is 5.82 Å². The van der Waals surface area contributed by atoms with Crippen LogP contribution in [0.25, 0.3) is 4.96 Å². The summed E-state index contributed by atoms with van der Waals surface area (Å²) >= 11 is 1.25. The molecule has 2 heterocycles. The van der Waals surface area contributed by atoms with Crippen molar-refractivity contribution < 1.29 is 13.9 Å². The maximum Gasteiger partial charge on any atom is 0.275 e. The molecule has 1 N–H and O–H groups in total. The Hall–Kier alpha value is -2.68. The first-order chi connectivity index (χ1) is 13.0. The zero-order valence-electron chi connectivity index (χ0n) is 15.6. The molecule has 0 aliphatic rings. The molecule has 0 bridgehead atoms. The second-order valence-electron chi connectivity index (χ2n) is 6.03. The predicted octanol–water partition coefficient (Wildman–Crippen LogP) is 3.43. The topological polar surface area (TPSA) is 77.8 Å². The summed E-state index contributed by atoms with van der Waals surface area (Å²) in [5.41, 5.74) is 0.924. The number of ether oxygens (including phenoxy) is 2. The molecule has 0 spiro atoms. The van der Waals surface area contributed by atoms with Crippen molar-refractivity contribution in [3.8, 4) is 11.5 Å². The number of aryl methyl sites for hydroxylation is 1. The highest BCUT2D eigenvalue weighted by atomic mass is 32.1. The molecule has 9 heteroatoms. The average Bonchev–Trinajstić information content (AvgIpc) is 3.04. The van der Waals surface area contributed by atoms with Crippen molar-refractivity contribution >= 4 is 21.4 Å². The van der Waals surface area contributed by atoms with E-state index in [9.17, 15) is 9.18 Å². The Morgan fingerprint density at radius 3 is 2.63 bits per heavy atom. The third-order valence-corrected chi connectivity index (χ3v) is 4.95. The zero-order valence-corrected chi connectivity index (χ0v) is 16.4. The Labute approximate surface area is 159 Å². The van der Waals surface area contributed by atoms with Crippen molar-refractivity contribution in [2.75, 3.05) is 19.5 Å². The molecule has 0 saturated heterocycles. The van der Waals surface area contributed by atoms with Crippen molar-refractivity contribution in [2.24, 2.45) is 0 Å². The van der Waals surface area contributed by atoms with Crippen LogP contribution < -0.4 is 20.3 Å². The van der Waals surface area contributed by atoms with E-state index in [4.69, 9.17) is 9.47 Å². The summed E-state index contributed by atoms with van der Waals surface area (Å²) < 4.78 is 26.1. The first kappa shape index (κ1) is 19.1. The van der Waals surface area contributed by atoms with Crippen LogP contribution in [0.5, 0.6) is 11.5 Å². The number of methoxy groups -OCH3 is 2. The van der Waals surface area contributed by atoms with Gasteiger partial charge in [-0.3, -0.25) is 4.79 Å². The molecule has 3 aromatic rings. The molecule has 27 heavy (non-hydrogen) atoms. The Morgan fingerprint density at radius 2 is 1.96 bits per heavy atom. The zero-order chi connectivity index (χ0) is 19.6. The van der Waals surface area contributed by atoms with Gasteiger partial charge in [0.25, 0.3) is 5.56 Å². The first-order valence-electron chi connectivity index (χ1n) is 8.54. The van der Waals surface area contributed by atoms with Gasteiger partial charge in [0.15, 0.2) is 11.5 Å². The van der Waals surface area contributed by atoms with Crippen LogP contribution >= 0.6 is 11.3 Å². The summed E-state index contributed by atoms with van der Waals surface area (Å²) in [5, 5.41) is 7.86. The second-order valence-corrected chi connectivity index (χ2v) is 6.99. The molecule has 0 aliphatic carbocycles. The minimum absolute atomic E-state index is 0.224. The molecule has 0 fully saturated rings. The Kier molecular flexibility index (Phi) is 5.59. The number of halogens is 1. The highest BCUT2D eigenvalue weighted by molar-refractivity contribution is 7.20. The molecule has 2 aromatic heterocycles. The summed E-state index contributed by atoms with van der Waals surface area (Å²) in [6, 6.07) is 3.96. The van der Waals surface area contributed by atoms with E-state index in [0.717, 1.165) is 18.5 Å². The molecular formula is C18H21FN4O3S. The van der Waals surface area contributed by atoms with Crippen LogP contribution in [0.1, 0.15) is 37.6 Å². The van der Waals surface area contributed by atoms with Crippen LogP contribution in [0.3, 0.4) is 0 Å². The summed E-state index contributed by atoms with van der Waals surface area (Å²) in [6.45, 7) is 3.83. The smallest absolute Gasteiger partial charge is 0.275 e. The Balaban J connectivity index is 1.91. The number of rotatable bonds is 7. The lowest BCUT2D eigenvalue weighted by Crippen LogP contribution is -2.16. The van der Waals surface area contributed by atoms with Crippen LogP contribution in [-0.2, 0) is 6.42 Å². The normalized spacial score (nSPS) is 12.2. The molecule has 1 atom stereocenters. The van der Waals surface area contributed by atoms with Crippen molar-refractivity contribution in [1.82, 2.24) is 14.6 Å². The van der Waals surface area contributed by atoms with E-state index in [-0.39, 0.29) is 5.56 Å². The van der Waals surface area contributed by atoms with Crippen LogP contribution in [0.4, 0.5) is 9.52 Å². The summed E-state index contributed by atoms with van der Waals surface area (Å²) in [7, 11) is 2.95. The third-order valence-electron chi connectivity index (χ3n) is 4.11. The molecule has 0 saturated carbocycles. The molecular weight excluding hydrogens is 371 g/mol. The highest BCUT2D eigenvalue weighted by Gasteiger charge is 2.18. The van der Waals surface area contributed by atoms with Gasteiger partial charge in [-0.15, -0.1) is 5.10 Å². The minimum Gasteiger partial charge on any atom is -0.493 e. The fourth-order valence-electron chi connectivity index (χ4n) is 2.76. The first-order valence-corrected chi connectivity index (χ1v) is 9.36. The average molecular weight is 392 g/mol. The van der Waals surface area contributed by atoms with E-state index in [1.54, 1.807) is 13.0 Å². The lowest BCUT2D eigenvalue weighted by molar-refractivity contribution is 0.351. The van der Waals surface area contributed by atoms with E-state index < -0.39 is 11.9 Å².